The monoisotopic (exact) mass is 380 g/mol. The number of nitrogens with one attached hydrogen (secondary N) is 2. The minimum Gasteiger partial charge on any atom is -0.451 e. The lowest BCUT2D eigenvalue weighted by molar-refractivity contribution is 0.0937. The topological polar surface area (TPSA) is 89.2 Å². The standard InChI is InChI=1S/C19H16N4O3S/c1-23-18(25)15-11-6-4-8-14(11)27-17(15)20-19(23)22-21-16(24)13-9-10-5-2-3-7-12(10)26-13/h2-3,5,7,9H,4,6,8H2,1H3,(H,20,22)(H,21,24). The zero-order valence-corrected chi connectivity index (χ0v) is 15.4. The number of rotatable bonds is 3. The van der Waals surface area contributed by atoms with Crippen molar-refractivity contribution in [3.05, 3.63) is 56.9 Å². The molecule has 3 aromatic heterocycles. The average molecular weight is 380 g/mol. The molecule has 2 N–H and O–H groups in total. The van der Waals surface area contributed by atoms with E-state index in [2.05, 4.69) is 15.8 Å². The summed E-state index contributed by atoms with van der Waals surface area (Å²) in [4.78, 5) is 31.6. The molecule has 1 aliphatic rings. The number of hydrogen-bond donors (Lipinski definition) is 2. The van der Waals surface area contributed by atoms with Crippen LogP contribution in [-0.4, -0.2) is 15.5 Å². The fourth-order valence-corrected chi connectivity index (χ4v) is 4.76. The second-order valence-corrected chi connectivity index (χ2v) is 7.65. The molecule has 5 rings (SSSR count). The van der Waals surface area contributed by atoms with Crippen molar-refractivity contribution < 1.29 is 9.21 Å². The number of thiophene rings is 1. The first-order valence-corrected chi connectivity index (χ1v) is 9.49. The highest BCUT2D eigenvalue weighted by Crippen LogP contribution is 2.35. The van der Waals surface area contributed by atoms with Crippen molar-refractivity contribution in [3.63, 3.8) is 0 Å². The Morgan fingerprint density at radius 1 is 1.30 bits per heavy atom. The minimum atomic E-state index is -0.436. The number of aryl methyl sites for hydroxylation is 2. The van der Waals surface area contributed by atoms with Gasteiger partial charge in [0.15, 0.2) is 5.76 Å². The zero-order valence-electron chi connectivity index (χ0n) is 14.5. The molecule has 8 heteroatoms. The van der Waals surface area contributed by atoms with E-state index in [-0.39, 0.29) is 17.3 Å². The van der Waals surface area contributed by atoms with Crippen LogP contribution < -0.4 is 16.4 Å². The normalized spacial score (nSPS) is 13.2. The number of carbonyl (C=O) groups excluding carboxylic acids is 1. The Morgan fingerprint density at radius 3 is 3.00 bits per heavy atom. The van der Waals surface area contributed by atoms with Crippen molar-refractivity contribution in [2.24, 2.45) is 7.05 Å². The molecule has 27 heavy (non-hydrogen) atoms. The third-order valence-corrected chi connectivity index (χ3v) is 6.07. The van der Waals surface area contributed by atoms with E-state index in [1.165, 1.54) is 9.44 Å². The van der Waals surface area contributed by atoms with Crippen molar-refractivity contribution in [1.82, 2.24) is 15.0 Å². The molecule has 1 aliphatic carbocycles. The van der Waals surface area contributed by atoms with Gasteiger partial charge in [-0.1, -0.05) is 18.2 Å². The molecule has 0 aliphatic heterocycles. The van der Waals surface area contributed by atoms with Crippen LogP contribution in [0.5, 0.6) is 0 Å². The van der Waals surface area contributed by atoms with Crippen molar-refractivity contribution in [2.45, 2.75) is 19.3 Å². The molecule has 0 spiro atoms. The van der Waals surface area contributed by atoms with E-state index < -0.39 is 5.91 Å². The lowest BCUT2D eigenvalue weighted by Crippen LogP contribution is -2.33. The molecular weight excluding hydrogens is 364 g/mol. The highest BCUT2D eigenvalue weighted by atomic mass is 32.1. The summed E-state index contributed by atoms with van der Waals surface area (Å²) in [7, 11) is 1.64. The quantitative estimate of drug-likeness (QED) is 0.534. The van der Waals surface area contributed by atoms with Crippen LogP contribution >= 0.6 is 11.3 Å². The summed E-state index contributed by atoms with van der Waals surface area (Å²) in [6, 6.07) is 9.07. The SMILES string of the molecule is Cn1c(NNC(=O)c2cc3ccccc3o2)nc2sc3c(c2c1=O)CCC3. The molecule has 1 aromatic carbocycles. The van der Waals surface area contributed by atoms with Crippen molar-refractivity contribution in [2.75, 3.05) is 5.43 Å². The Kier molecular flexibility index (Phi) is 3.54. The van der Waals surface area contributed by atoms with Gasteiger partial charge in [-0.05, 0) is 37.0 Å². The van der Waals surface area contributed by atoms with Crippen LogP contribution in [0, 0.1) is 0 Å². The van der Waals surface area contributed by atoms with Crippen molar-refractivity contribution in [1.29, 1.82) is 0 Å². The number of para-hydroxylation sites is 1. The largest absolute Gasteiger partial charge is 0.451 e. The van der Waals surface area contributed by atoms with Crippen LogP contribution in [0.4, 0.5) is 5.95 Å². The fourth-order valence-electron chi connectivity index (χ4n) is 3.50. The van der Waals surface area contributed by atoms with Gasteiger partial charge in [-0.15, -0.1) is 11.3 Å². The van der Waals surface area contributed by atoms with Crippen molar-refractivity contribution >= 4 is 44.4 Å². The summed E-state index contributed by atoms with van der Waals surface area (Å²) in [5.74, 6) is 0.0379. The second kappa shape index (κ2) is 5.95. The molecule has 0 fully saturated rings. The van der Waals surface area contributed by atoms with E-state index in [1.807, 2.05) is 18.2 Å². The van der Waals surface area contributed by atoms with Crippen molar-refractivity contribution in [3.8, 4) is 0 Å². The van der Waals surface area contributed by atoms with Gasteiger partial charge in [-0.2, -0.15) is 0 Å². The molecule has 0 atom stereocenters. The number of aromatic nitrogens is 2. The Labute approximate surface area is 157 Å². The first kappa shape index (κ1) is 16.1. The average Bonchev–Trinajstić information content (AvgIpc) is 3.36. The van der Waals surface area contributed by atoms with E-state index in [4.69, 9.17) is 4.42 Å². The van der Waals surface area contributed by atoms with Gasteiger partial charge in [0.2, 0.25) is 5.95 Å². The maximum Gasteiger partial charge on any atom is 0.305 e. The summed E-state index contributed by atoms with van der Waals surface area (Å²) in [5, 5.41) is 1.56. The van der Waals surface area contributed by atoms with Crippen LogP contribution in [-0.2, 0) is 19.9 Å². The number of carbonyl (C=O) groups is 1. The van der Waals surface area contributed by atoms with Gasteiger partial charge in [0, 0.05) is 17.3 Å². The highest BCUT2D eigenvalue weighted by molar-refractivity contribution is 7.18. The first-order chi connectivity index (χ1) is 13.1. The Bertz CT molecular complexity index is 1230. The molecule has 0 saturated carbocycles. The summed E-state index contributed by atoms with van der Waals surface area (Å²) < 4.78 is 6.97. The van der Waals surface area contributed by atoms with Gasteiger partial charge in [-0.25, -0.2) is 4.98 Å². The van der Waals surface area contributed by atoms with E-state index in [9.17, 15) is 9.59 Å². The van der Waals surface area contributed by atoms with E-state index in [1.54, 1.807) is 30.5 Å². The predicted molar refractivity (Wildman–Crippen MR) is 104 cm³/mol. The summed E-state index contributed by atoms with van der Waals surface area (Å²) in [5.41, 5.74) is 6.99. The summed E-state index contributed by atoms with van der Waals surface area (Å²) in [6.07, 6.45) is 3.03. The van der Waals surface area contributed by atoms with Gasteiger partial charge >= 0.3 is 5.91 Å². The summed E-state index contributed by atoms with van der Waals surface area (Å²) in [6.45, 7) is 0. The molecule has 7 nitrogen and oxygen atoms in total. The molecule has 0 saturated heterocycles. The maximum absolute atomic E-state index is 12.8. The molecule has 136 valence electrons. The minimum absolute atomic E-state index is 0.0973. The van der Waals surface area contributed by atoms with Crippen LogP contribution in [0.1, 0.15) is 27.4 Å². The number of nitrogens with zero attached hydrogens (tertiary/aromatic N) is 2. The number of furan rings is 1. The third-order valence-electron chi connectivity index (χ3n) is 4.88. The van der Waals surface area contributed by atoms with Crippen LogP contribution in [0.3, 0.4) is 0 Å². The highest BCUT2D eigenvalue weighted by Gasteiger charge is 2.22. The number of hydrazine groups is 1. The first-order valence-electron chi connectivity index (χ1n) is 8.68. The van der Waals surface area contributed by atoms with Gasteiger partial charge in [-0.3, -0.25) is 25.0 Å². The molecule has 0 bridgehead atoms. The molecule has 0 unspecified atom stereocenters. The number of amides is 1. The number of hydrogen-bond acceptors (Lipinski definition) is 6. The number of fused-ring (bicyclic) bond motifs is 4. The van der Waals surface area contributed by atoms with Gasteiger partial charge in [0.1, 0.15) is 10.4 Å². The molecule has 0 radical (unpaired) electrons. The third kappa shape index (κ3) is 2.52. The van der Waals surface area contributed by atoms with E-state index >= 15 is 0 Å². The predicted octanol–water partition coefficient (Wildman–Crippen LogP) is 2.99. The number of benzene rings is 1. The number of anilines is 1. The van der Waals surface area contributed by atoms with Crippen LogP contribution in [0.25, 0.3) is 21.2 Å². The van der Waals surface area contributed by atoms with Gasteiger partial charge in [0.05, 0.1) is 5.39 Å². The van der Waals surface area contributed by atoms with Gasteiger partial charge < -0.3 is 4.42 Å². The molecule has 1 amide bonds. The fraction of sp³-hybridized carbons (Fsp3) is 0.211. The lowest BCUT2D eigenvalue weighted by Gasteiger charge is -2.10. The van der Waals surface area contributed by atoms with E-state index in [0.717, 1.165) is 30.2 Å². The van der Waals surface area contributed by atoms with E-state index in [0.29, 0.717) is 15.8 Å². The second-order valence-electron chi connectivity index (χ2n) is 6.56. The molecular formula is C19H16N4O3S. The molecule has 3 heterocycles. The zero-order chi connectivity index (χ0) is 18.5. The summed E-state index contributed by atoms with van der Waals surface area (Å²) >= 11 is 1.56. The Hall–Kier alpha value is -3.13. The smallest absolute Gasteiger partial charge is 0.305 e. The lowest BCUT2D eigenvalue weighted by atomic mass is 10.2. The Balaban J connectivity index is 1.43. The molecule has 4 aromatic rings. The van der Waals surface area contributed by atoms with Crippen LogP contribution in [0.2, 0.25) is 0 Å². The van der Waals surface area contributed by atoms with Crippen LogP contribution in [0.15, 0.2) is 39.5 Å². The maximum atomic E-state index is 12.8. The van der Waals surface area contributed by atoms with Gasteiger partial charge in [0.25, 0.3) is 5.56 Å². The Morgan fingerprint density at radius 2 is 2.15 bits per heavy atom.